The van der Waals surface area contributed by atoms with Crippen molar-refractivity contribution in [1.29, 1.82) is 0 Å². The molecule has 1 saturated heterocycles. The van der Waals surface area contributed by atoms with Crippen LogP contribution in [0.25, 0.3) is 0 Å². The minimum Gasteiger partial charge on any atom is -0.450 e. The maximum Gasteiger partial charge on any atom is 0.409 e. The zero-order chi connectivity index (χ0) is 20.6. The average Bonchev–Trinajstić information content (AvgIpc) is 2.74. The second kappa shape index (κ2) is 9.86. The first-order valence-electron chi connectivity index (χ1n) is 9.90. The summed E-state index contributed by atoms with van der Waals surface area (Å²) in [7, 11) is 0. The van der Waals surface area contributed by atoms with Gasteiger partial charge in [0.25, 0.3) is 5.91 Å². The lowest BCUT2D eigenvalue weighted by Crippen LogP contribution is -2.46. The molecular weight excluding hydrogens is 370 g/mol. The highest BCUT2D eigenvalue weighted by Crippen LogP contribution is 2.13. The van der Waals surface area contributed by atoms with E-state index >= 15 is 0 Å². The molecule has 1 aromatic heterocycles. The molecule has 0 spiro atoms. The van der Waals surface area contributed by atoms with Gasteiger partial charge in [0.15, 0.2) is 0 Å². The molecule has 1 aliphatic heterocycles. The van der Waals surface area contributed by atoms with E-state index in [-0.39, 0.29) is 18.0 Å². The first-order chi connectivity index (χ1) is 14.0. The van der Waals surface area contributed by atoms with Crippen LogP contribution in [-0.4, -0.2) is 52.6 Å². The van der Waals surface area contributed by atoms with Crippen molar-refractivity contribution >= 4 is 17.9 Å². The van der Waals surface area contributed by atoms with Gasteiger partial charge < -0.3 is 20.3 Å². The van der Waals surface area contributed by atoms with Crippen molar-refractivity contribution in [2.75, 3.05) is 25.0 Å². The third-order valence-corrected chi connectivity index (χ3v) is 4.82. The second-order valence-electron chi connectivity index (χ2n) is 7.04. The molecule has 3 rings (SSSR count). The quantitative estimate of drug-likeness (QED) is 0.778. The van der Waals surface area contributed by atoms with Gasteiger partial charge in [0.05, 0.1) is 6.61 Å². The first-order valence-corrected chi connectivity index (χ1v) is 9.90. The summed E-state index contributed by atoms with van der Waals surface area (Å²) in [6.45, 7) is 5.91. The van der Waals surface area contributed by atoms with Gasteiger partial charge in [0.1, 0.15) is 5.69 Å². The Kier molecular flexibility index (Phi) is 6.99. The molecule has 8 nitrogen and oxygen atoms in total. The number of ether oxygens (including phenoxy) is 1. The van der Waals surface area contributed by atoms with Crippen molar-refractivity contribution < 1.29 is 14.3 Å². The number of piperidine rings is 1. The number of amides is 2. The zero-order valence-corrected chi connectivity index (χ0v) is 16.9. The molecular formula is C21H27N5O3. The highest BCUT2D eigenvalue weighted by Gasteiger charge is 2.25. The van der Waals surface area contributed by atoms with Crippen LogP contribution in [-0.2, 0) is 11.3 Å². The Bertz CT molecular complexity index is 832. The Morgan fingerprint density at radius 2 is 1.90 bits per heavy atom. The highest BCUT2D eigenvalue weighted by atomic mass is 16.6. The number of carbonyl (C=O) groups excluding carboxylic acids is 2. The van der Waals surface area contributed by atoms with Gasteiger partial charge in [0, 0.05) is 31.9 Å². The van der Waals surface area contributed by atoms with Crippen molar-refractivity contribution in [1.82, 2.24) is 20.2 Å². The van der Waals surface area contributed by atoms with Crippen molar-refractivity contribution in [3.8, 4) is 0 Å². The predicted molar refractivity (Wildman–Crippen MR) is 110 cm³/mol. The van der Waals surface area contributed by atoms with E-state index in [2.05, 4.69) is 32.7 Å². The molecule has 0 bridgehead atoms. The number of hydrogen-bond acceptors (Lipinski definition) is 6. The van der Waals surface area contributed by atoms with E-state index < -0.39 is 0 Å². The lowest BCUT2D eigenvalue weighted by atomic mass is 10.1. The van der Waals surface area contributed by atoms with Crippen LogP contribution in [0.2, 0.25) is 0 Å². The number of benzene rings is 1. The van der Waals surface area contributed by atoms with Gasteiger partial charge in [-0.3, -0.25) is 4.79 Å². The predicted octanol–water partition coefficient (Wildman–Crippen LogP) is 2.75. The fraction of sp³-hybridized carbons (Fsp3) is 0.429. The molecule has 0 radical (unpaired) electrons. The summed E-state index contributed by atoms with van der Waals surface area (Å²) in [6, 6.07) is 9.79. The summed E-state index contributed by atoms with van der Waals surface area (Å²) in [4.78, 5) is 34.5. The van der Waals surface area contributed by atoms with E-state index in [1.54, 1.807) is 24.1 Å². The lowest BCUT2D eigenvalue weighted by molar-refractivity contribution is 0.0856. The van der Waals surface area contributed by atoms with Crippen LogP contribution in [0.5, 0.6) is 0 Å². The van der Waals surface area contributed by atoms with Crippen LogP contribution in [0.4, 0.5) is 10.7 Å². The summed E-state index contributed by atoms with van der Waals surface area (Å²) >= 11 is 0. The number of nitrogens with zero attached hydrogens (tertiary/aromatic N) is 3. The molecule has 2 heterocycles. The maximum absolute atomic E-state index is 12.6. The van der Waals surface area contributed by atoms with E-state index in [1.165, 1.54) is 5.56 Å². The highest BCUT2D eigenvalue weighted by molar-refractivity contribution is 5.92. The molecule has 0 atom stereocenters. The molecule has 29 heavy (non-hydrogen) atoms. The maximum atomic E-state index is 12.6. The minimum absolute atomic E-state index is 0.00658. The van der Waals surface area contributed by atoms with Crippen LogP contribution in [0, 0.1) is 6.92 Å². The lowest BCUT2D eigenvalue weighted by Gasteiger charge is -2.31. The number of aryl methyl sites for hydroxylation is 1. The Balaban J connectivity index is 1.50. The number of rotatable bonds is 6. The van der Waals surface area contributed by atoms with Gasteiger partial charge in [-0.1, -0.05) is 29.8 Å². The number of likely N-dealkylation sites (tertiary alicyclic amines) is 1. The first kappa shape index (κ1) is 20.6. The molecule has 2 amide bonds. The van der Waals surface area contributed by atoms with E-state index in [0.717, 1.165) is 5.56 Å². The molecule has 2 aromatic rings. The fourth-order valence-electron chi connectivity index (χ4n) is 3.14. The van der Waals surface area contributed by atoms with Crippen LogP contribution >= 0.6 is 0 Å². The number of nitrogens with one attached hydrogen (secondary N) is 2. The molecule has 1 aliphatic rings. The Morgan fingerprint density at radius 3 is 2.59 bits per heavy atom. The van der Waals surface area contributed by atoms with Gasteiger partial charge in [-0.05, 0) is 38.3 Å². The van der Waals surface area contributed by atoms with Gasteiger partial charge in [-0.25, -0.2) is 14.8 Å². The largest absolute Gasteiger partial charge is 0.450 e. The van der Waals surface area contributed by atoms with E-state index in [4.69, 9.17) is 4.74 Å². The molecule has 2 N–H and O–H groups in total. The van der Waals surface area contributed by atoms with Crippen molar-refractivity contribution in [2.45, 2.75) is 39.3 Å². The molecule has 0 aliphatic carbocycles. The van der Waals surface area contributed by atoms with Gasteiger partial charge in [-0.2, -0.15) is 0 Å². The average molecular weight is 397 g/mol. The molecule has 0 unspecified atom stereocenters. The summed E-state index contributed by atoms with van der Waals surface area (Å²) in [5.41, 5.74) is 2.64. The summed E-state index contributed by atoms with van der Waals surface area (Å²) in [5.74, 6) is 0.177. The number of hydrogen-bond donors (Lipinski definition) is 2. The zero-order valence-electron chi connectivity index (χ0n) is 16.9. The van der Waals surface area contributed by atoms with Crippen LogP contribution in [0.15, 0.2) is 36.5 Å². The molecule has 154 valence electrons. The number of anilines is 1. The monoisotopic (exact) mass is 397 g/mol. The summed E-state index contributed by atoms with van der Waals surface area (Å²) in [5, 5.41) is 6.15. The second-order valence-corrected chi connectivity index (χ2v) is 7.04. The van der Waals surface area contributed by atoms with Gasteiger partial charge in [-0.15, -0.1) is 0 Å². The summed E-state index contributed by atoms with van der Waals surface area (Å²) in [6.07, 6.45) is 2.66. The number of carbonyl (C=O) groups is 2. The van der Waals surface area contributed by atoms with Crippen LogP contribution < -0.4 is 10.6 Å². The Hall–Kier alpha value is -3.16. The van der Waals surface area contributed by atoms with Crippen molar-refractivity contribution in [3.05, 3.63) is 53.3 Å². The van der Waals surface area contributed by atoms with Crippen LogP contribution in [0.1, 0.15) is 41.4 Å². The smallest absolute Gasteiger partial charge is 0.409 e. The molecule has 8 heteroatoms. The van der Waals surface area contributed by atoms with E-state index in [9.17, 15) is 9.59 Å². The van der Waals surface area contributed by atoms with E-state index in [1.807, 2.05) is 19.1 Å². The Morgan fingerprint density at radius 1 is 1.17 bits per heavy atom. The van der Waals surface area contributed by atoms with Gasteiger partial charge >= 0.3 is 6.09 Å². The van der Waals surface area contributed by atoms with Crippen molar-refractivity contribution in [2.24, 2.45) is 0 Å². The molecule has 0 saturated carbocycles. The third-order valence-electron chi connectivity index (χ3n) is 4.82. The molecule has 1 aromatic carbocycles. The third kappa shape index (κ3) is 5.91. The standard InChI is InChI=1S/C21H27N5O3/c1-3-29-21(28)26-12-9-17(10-13-26)24-19(27)18-8-11-22-20(25-18)23-14-16-6-4-15(2)5-7-16/h4-8,11,17H,3,9-10,12-14H2,1-2H3,(H,24,27)(H,22,23,25). The van der Waals surface area contributed by atoms with Crippen LogP contribution in [0.3, 0.4) is 0 Å². The van der Waals surface area contributed by atoms with Gasteiger partial charge in [0.2, 0.25) is 5.95 Å². The van der Waals surface area contributed by atoms with Crippen molar-refractivity contribution in [3.63, 3.8) is 0 Å². The molecule has 1 fully saturated rings. The minimum atomic E-state index is -0.294. The number of aromatic nitrogens is 2. The normalized spacial score (nSPS) is 14.3. The topological polar surface area (TPSA) is 96.5 Å². The summed E-state index contributed by atoms with van der Waals surface area (Å²) < 4.78 is 5.02. The Labute approximate surface area is 170 Å². The van der Waals surface area contributed by atoms with E-state index in [0.29, 0.717) is 50.7 Å². The fourth-order valence-corrected chi connectivity index (χ4v) is 3.14. The SMILES string of the molecule is CCOC(=O)N1CCC(NC(=O)c2ccnc(NCc3ccc(C)cc3)n2)CC1.